The van der Waals surface area contributed by atoms with Gasteiger partial charge in [-0.1, -0.05) is 0 Å². The molecule has 0 fully saturated rings. The number of nitrogens with zero attached hydrogens (tertiary/aromatic N) is 4. The monoisotopic (exact) mass is 159 g/mol. The molecule has 3 rings (SSSR count). The summed E-state index contributed by atoms with van der Waals surface area (Å²) in [5.74, 6) is 0.712. The number of rotatable bonds is 0. The van der Waals surface area contributed by atoms with Gasteiger partial charge in [0, 0.05) is 12.4 Å². The molecule has 1 aliphatic rings. The SMILES string of the molecule is C1=Nc2nccn3ncc(c23)N1. The van der Waals surface area contributed by atoms with Gasteiger partial charge in [0.1, 0.15) is 5.52 Å². The van der Waals surface area contributed by atoms with Crippen molar-refractivity contribution in [2.75, 3.05) is 5.32 Å². The Morgan fingerprint density at radius 2 is 2.42 bits per heavy atom. The van der Waals surface area contributed by atoms with Crippen molar-refractivity contribution in [1.82, 2.24) is 14.6 Å². The largest absolute Gasteiger partial charge is 0.343 e. The summed E-state index contributed by atoms with van der Waals surface area (Å²) in [4.78, 5) is 8.19. The molecule has 0 amide bonds. The van der Waals surface area contributed by atoms with Crippen molar-refractivity contribution in [2.45, 2.75) is 0 Å². The van der Waals surface area contributed by atoms with Crippen molar-refractivity contribution < 1.29 is 0 Å². The Kier molecular flexibility index (Phi) is 0.864. The molecule has 5 nitrogen and oxygen atoms in total. The van der Waals surface area contributed by atoms with Gasteiger partial charge in [-0.3, -0.25) is 0 Å². The molecule has 58 valence electrons. The fourth-order valence-electron chi connectivity index (χ4n) is 1.29. The van der Waals surface area contributed by atoms with E-state index in [0.29, 0.717) is 5.82 Å². The van der Waals surface area contributed by atoms with Crippen LogP contribution in [0.1, 0.15) is 0 Å². The number of aromatic nitrogens is 3. The minimum Gasteiger partial charge on any atom is -0.343 e. The first-order valence-corrected chi connectivity index (χ1v) is 3.56. The molecule has 0 bridgehead atoms. The maximum absolute atomic E-state index is 4.12. The average Bonchev–Trinajstić information content (AvgIpc) is 2.52. The van der Waals surface area contributed by atoms with E-state index < -0.39 is 0 Å². The van der Waals surface area contributed by atoms with E-state index in [1.54, 1.807) is 29.4 Å². The van der Waals surface area contributed by atoms with Crippen molar-refractivity contribution >= 4 is 23.4 Å². The van der Waals surface area contributed by atoms with Gasteiger partial charge in [0.2, 0.25) is 0 Å². The number of aliphatic imine (C=N–C) groups is 1. The summed E-state index contributed by atoms with van der Waals surface area (Å²) in [7, 11) is 0. The second-order valence-electron chi connectivity index (χ2n) is 2.50. The third kappa shape index (κ3) is 0.554. The lowest BCUT2D eigenvalue weighted by atomic mass is 10.4. The molecule has 0 unspecified atom stereocenters. The molecule has 2 aromatic rings. The Morgan fingerprint density at radius 3 is 3.42 bits per heavy atom. The highest BCUT2D eigenvalue weighted by molar-refractivity contribution is 5.95. The summed E-state index contributed by atoms with van der Waals surface area (Å²) in [6.45, 7) is 0. The second kappa shape index (κ2) is 1.82. The Bertz CT molecular complexity index is 470. The number of anilines is 1. The van der Waals surface area contributed by atoms with E-state index in [1.807, 2.05) is 0 Å². The molecule has 12 heavy (non-hydrogen) atoms. The van der Waals surface area contributed by atoms with E-state index in [0.717, 1.165) is 11.2 Å². The molecular weight excluding hydrogens is 154 g/mol. The summed E-state index contributed by atoms with van der Waals surface area (Å²) in [6, 6.07) is 0. The van der Waals surface area contributed by atoms with Gasteiger partial charge in [0.05, 0.1) is 18.2 Å². The van der Waals surface area contributed by atoms with Crippen LogP contribution in [-0.2, 0) is 0 Å². The maximum atomic E-state index is 4.12. The Morgan fingerprint density at radius 1 is 1.42 bits per heavy atom. The number of hydrogen-bond donors (Lipinski definition) is 1. The standard InChI is InChI=1S/C7H5N5/c1-2-12-6-5(3-11-12)9-4-10-7(6)8-1/h1-4H,(H,8,9,10). The zero-order valence-corrected chi connectivity index (χ0v) is 6.10. The van der Waals surface area contributed by atoms with Gasteiger partial charge in [-0.05, 0) is 0 Å². The predicted molar refractivity (Wildman–Crippen MR) is 44.8 cm³/mol. The highest BCUT2D eigenvalue weighted by Crippen LogP contribution is 2.26. The van der Waals surface area contributed by atoms with Crippen LogP contribution in [-0.4, -0.2) is 20.9 Å². The van der Waals surface area contributed by atoms with Gasteiger partial charge in [-0.15, -0.1) is 0 Å². The van der Waals surface area contributed by atoms with Crippen LogP contribution in [0.3, 0.4) is 0 Å². The van der Waals surface area contributed by atoms with Crippen molar-refractivity contribution in [2.24, 2.45) is 4.99 Å². The van der Waals surface area contributed by atoms with Gasteiger partial charge in [0.15, 0.2) is 5.82 Å². The second-order valence-corrected chi connectivity index (χ2v) is 2.50. The van der Waals surface area contributed by atoms with Crippen molar-refractivity contribution in [3.63, 3.8) is 0 Å². The molecule has 0 aliphatic carbocycles. The van der Waals surface area contributed by atoms with Gasteiger partial charge in [-0.25, -0.2) is 14.5 Å². The normalized spacial score (nSPS) is 13.3. The van der Waals surface area contributed by atoms with E-state index in [4.69, 9.17) is 0 Å². The summed E-state index contributed by atoms with van der Waals surface area (Å²) >= 11 is 0. The maximum Gasteiger partial charge on any atom is 0.181 e. The first-order chi connectivity index (χ1) is 5.95. The van der Waals surface area contributed by atoms with Crippen molar-refractivity contribution in [1.29, 1.82) is 0 Å². The highest BCUT2D eigenvalue weighted by Gasteiger charge is 2.10. The summed E-state index contributed by atoms with van der Waals surface area (Å²) in [6.07, 6.45) is 6.85. The minimum atomic E-state index is 0.712. The average molecular weight is 159 g/mol. The quantitative estimate of drug-likeness (QED) is 0.619. The molecule has 3 heterocycles. The minimum absolute atomic E-state index is 0.712. The van der Waals surface area contributed by atoms with Crippen LogP contribution >= 0.6 is 0 Å². The van der Waals surface area contributed by atoms with Crippen LogP contribution in [0.4, 0.5) is 11.5 Å². The molecular formula is C7H5N5. The first kappa shape index (κ1) is 5.70. The van der Waals surface area contributed by atoms with Gasteiger partial charge >= 0.3 is 0 Å². The number of nitrogens with one attached hydrogen (secondary N) is 1. The van der Waals surface area contributed by atoms with Crippen molar-refractivity contribution in [3.05, 3.63) is 18.6 Å². The van der Waals surface area contributed by atoms with E-state index in [2.05, 4.69) is 20.4 Å². The highest BCUT2D eigenvalue weighted by atomic mass is 15.3. The molecule has 0 spiro atoms. The molecule has 0 aromatic carbocycles. The van der Waals surface area contributed by atoms with Gasteiger partial charge in [-0.2, -0.15) is 5.10 Å². The first-order valence-electron chi connectivity index (χ1n) is 3.56. The third-order valence-corrected chi connectivity index (χ3v) is 1.82. The lowest BCUT2D eigenvalue weighted by Crippen LogP contribution is -1.99. The topological polar surface area (TPSA) is 54.6 Å². The fourth-order valence-corrected chi connectivity index (χ4v) is 1.29. The lowest BCUT2D eigenvalue weighted by molar-refractivity contribution is 0.945. The fraction of sp³-hybridized carbons (Fsp3) is 0. The Labute approximate surface area is 67.8 Å². The number of hydrogen-bond acceptors (Lipinski definition) is 4. The van der Waals surface area contributed by atoms with Crippen LogP contribution in [0, 0.1) is 0 Å². The molecule has 0 saturated carbocycles. The zero-order valence-electron chi connectivity index (χ0n) is 6.10. The lowest BCUT2D eigenvalue weighted by Gasteiger charge is -2.04. The van der Waals surface area contributed by atoms with Gasteiger partial charge < -0.3 is 5.32 Å². The van der Waals surface area contributed by atoms with E-state index in [9.17, 15) is 0 Å². The van der Waals surface area contributed by atoms with Crippen LogP contribution in [0.25, 0.3) is 5.52 Å². The molecule has 2 aromatic heterocycles. The molecule has 0 atom stereocenters. The molecule has 1 N–H and O–H groups in total. The molecule has 0 radical (unpaired) electrons. The van der Waals surface area contributed by atoms with Crippen LogP contribution in [0.5, 0.6) is 0 Å². The van der Waals surface area contributed by atoms with Crippen LogP contribution in [0.2, 0.25) is 0 Å². The Hall–Kier alpha value is -1.91. The third-order valence-electron chi connectivity index (χ3n) is 1.82. The molecule has 5 heteroatoms. The van der Waals surface area contributed by atoms with E-state index in [1.165, 1.54) is 0 Å². The van der Waals surface area contributed by atoms with Crippen molar-refractivity contribution in [3.8, 4) is 0 Å². The predicted octanol–water partition coefficient (Wildman–Crippen LogP) is 0.815. The Balaban J connectivity index is 2.57. The van der Waals surface area contributed by atoms with Crippen LogP contribution in [0.15, 0.2) is 23.6 Å². The summed E-state index contributed by atoms with van der Waals surface area (Å²) in [5, 5.41) is 7.12. The van der Waals surface area contributed by atoms with Gasteiger partial charge in [0.25, 0.3) is 0 Å². The zero-order chi connectivity index (χ0) is 7.97. The molecule has 1 aliphatic heterocycles. The van der Waals surface area contributed by atoms with E-state index >= 15 is 0 Å². The summed E-state index contributed by atoms with van der Waals surface area (Å²) in [5.41, 5.74) is 1.88. The van der Waals surface area contributed by atoms with E-state index in [-0.39, 0.29) is 0 Å². The van der Waals surface area contributed by atoms with Crippen LogP contribution < -0.4 is 5.32 Å². The smallest absolute Gasteiger partial charge is 0.181 e. The molecule has 0 saturated heterocycles. The summed E-state index contributed by atoms with van der Waals surface area (Å²) < 4.78 is 1.75.